The van der Waals surface area contributed by atoms with Crippen LogP contribution in [0.3, 0.4) is 0 Å². The van der Waals surface area contributed by atoms with Gasteiger partial charge < -0.3 is 27.8 Å². The smallest absolute Gasteiger partial charge is 0.252 e. The molecular weight excluding hydrogens is 1110 g/mol. The third kappa shape index (κ3) is 7.55. The van der Waals surface area contributed by atoms with E-state index in [-0.39, 0.29) is 39.3 Å². The molecule has 0 amide bonds. The Balaban J connectivity index is 0.921. The number of para-hydroxylation sites is 6. The third-order valence-electron chi connectivity index (χ3n) is 18.3. The van der Waals surface area contributed by atoms with Crippen LogP contribution < -0.4 is 26.2 Å². The molecule has 0 spiro atoms. The largest absolute Gasteiger partial charge is 0.452 e. The molecule has 11 aromatic carbocycles. The molecular formula is C78H61BCl2N4O2. The highest BCUT2D eigenvalue weighted by Gasteiger charge is 2.45. The van der Waals surface area contributed by atoms with Gasteiger partial charge in [-0.25, -0.2) is 0 Å². The molecule has 2 aliphatic rings. The molecule has 4 aromatic heterocycles. The van der Waals surface area contributed by atoms with Gasteiger partial charge in [-0.05, 0) is 146 Å². The van der Waals surface area contributed by atoms with Gasteiger partial charge in [-0.2, -0.15) is 0 Å². The van der Waals surface area contributed by atoms with Crippen LogP contribution in [-0.4, -0.2) is 15.8 Å². The first-order valence-electron chi connectivity index (χ1n) is 33.6. The van der Waals surface area contributed by atoms with Crippen LogP contribution in [0.25, 0.3) is 98.9 Å². The summed E-state index contributed by atoms with van der Waals surface area (Å²) in [6.45, 7) is 19.9. The van der Waals surface area contributed by atoms with E-state index in [1.165, 1.54) is 26.5 Å². The van der Waals surface area contributed by atoms with Crippen LogP contribution in [0.2, 0.25) is 10.0 Å². The number of aromatic nitrogens is 2. The fourth-order valence-corrected chi connectivity index (χ4v) is 14.4. The second-order valence-corrected chi connectivity index (χ2v) is 27.5. The molecule has 15 aromatic rings. The normalized spacial score (nSPS) is 14.9. The van der Waals surface area contributed by atoms with Crippen LogP contribution >= 0.6 is 23.2 Å². The fraction of sp³-hybridized carbons (Fsp3) is 0.154. The highest BCUT2D eigenvalue weighted by molar-refractivity contribution is 7.00. The number of hydrogen-bond donors (Lipinski definition) is 0. The van der Waals surface area contributed by atoms with Gasteiger partial charge in [0.2, 0.25) is 0 Å². The molecule has 0 bridgehead atoms. The van der Waals surface area contributed by atoms with Gasteiger partial charge in [-0.15, -0.1) is 0 Å². The van der Waals surface area contributed by atoms with Gasteiger partial charge in [0.1, 0.15) is 0 Å². The molecule has 2 aliphatic heterocycles. The first-order valence-corrected chi connectivity index (χ1v) is 30.3. The van der Waals surface area contributed by atoms with E-state index in [1.54, 1.807) is 6.07 Å². The van der Waals surface area contributed by atoms with Crippen molar-refractivity contribution in [3.05, 3.63) is 233 Å². The molecule has 87 heavy (non-hydrogen) atoms. The summed E-state index contributed by atoms with van der Waals surface area (Å²) < 4.78 is 91.1. The summed E-state index contributed by atoms with van der Waals surface area (Å²) in [7, 11) is 0. The summed E-state index contributed by atoms with van der Waals surface area (Å²) in [5.74, 6) is 0. The Hall–Kier alpha value is -9.14. The number of benzene rings is 11. The Morgan fingerprint density at radius 3 is 1.14 bits per heavy atom. The van der Waals surface area contributed by atoms with E-state index in [0.29, 0.717) is 43.6 Å². The molecule has 0 unspecified atom stereocenters. The van der Waals surface area contributed by atoms with E-state index >= 15 is 0 Å². The van der Waals surface area contributed by atoms with Gasteiger partial charge in [-0.1, -0.05) is 195 Å². The van der Waals surface area contributed by atoms with Gasteiger partial charge in [0, 0.05) is 75.9 Å². The highest BCUT2D eigenvalue weighted by Crippen LogP contribution is 2.52. The van der Waals surface area contributed by atoms with Crippen molar-refractivity contribution in [1.29, 1.82) is 0 Å². The topological polar surface area (TPSA) is 42.6 Å². The molecule has 6 nitrogen and oxygen atoms in total. The highest BCUT2D eigenvalue weighted by atomic mass is 35.5. The zero-order valence-electron chi connectivity index (χ0n) is 57.4. The lowest BCUT2D eigenvalue weighted by Crippen LogP contribution is -2.61. The Bertz CT molecular complexity index is 5840. The fourth-order valence-electron chi connectivity index (χ4n) is 14.1. The quantitative estimate of drug-likeness (QED) is 0.165. The Kier molecular flexibility index (Phi) is 9.28. The monoisotopic (exact) mass is 1170 g/mol. The molecule has 6 heterocycles. The van der Waals surface area contributed by atoms with E-state index in [2.05, 4.69) is 180 Å². The third-order valence-corrected chi connectivity index (χ3v) is 18.8. The van der Waals surface area contributed by atoms with Gasteiger partial charge in [0.05, 0.1) is 55.8 Å². The van der Waals surface area contributed by atoms with Crippen molar-refractivity contribution in [2.75, 3.05) is 9.80 Å². The number of nitrogens with zero attached hydrogens (tertiary/aromatic N) is 4. The summed E-state index contributed by atoms with van der Waals surface area (Å²) in [4.78, 5) is 4.58. The molecule has 9 heteroatoms. The number of furan rings is 2. The predicted octanol–water partition coefficient (Wildman–Crippen LogP) is 21.0. The minimum Gasteiger partial charge on any atom is -0.452 e. The van der Waals surface area contributed by atoms with E-state index in [1.807, 2.05) is 48.5 Å². The first-order chi connectivity index (χ1) is 45.2. The maximum atomic E-state index is 9.37. The van der Waals surface area contributed by atoms with Crippen LogP contribution in [0.1, 0.15) is 90.0 Å². The van der Waals surface area contributed by atoms with Crippen LogP contribution in [0.4, 0.5) is 34.1 Å². The van der Waals surface area contributed by atoms with Gasteiger partial charge in [-0.3, -0.25) is 0 Å². The van der Waals surface area contributed by atoms with Crippen LogP contribution in [0.5, 0.6) is 0 Å². The zero-order valence-corrected chi connectivity index (χ0v) is 51.0. The van der Waals surface area contributed by atoms with E-state index < -0.39 is 53.8 Å². The number of rotatable bonds is 4. The minimum atomic E-state index is -0.515. The standard InChI is InChI=1S/C78H61BCl2N4O2/c1-76(2,3)44-30-36-61-55(38-44)56-39-45(77(4,5)6)31-37-62(56)83(61)64-27-15-21-52-54-23-17-29-66(75(54)87-73(52)64)85-68-43-48(81)33-35-58(68)79-57-34-32-47(80)42-67(57)84(69-40-46(78(7,8)9)41-70(85)71(69)79)65-28-16-22-53-51-20-14-26-63(72(51)86-74(53)65)82-59-24-12-10-18-49(59)50-19-11-13-25-60(50)82/h10-43H,1-9H3/i10D,11D,12D,13D,18D,19D,24D,25D. The zero-order chi connectivity index (χ0) is 66.3. The SMILES string of the molecule is [2H]c1c([2H])c([2H])c2c(c1[2H])c1c([2H])c([2H])c([2H])c([2H])c1n2-c1cccc2c1oc1c(N3c4cc(Cl)ccc4B4c5ccc(Cl)cc5N(c5cccc6c5oc5c(-n7c8ccc(C(C)(C)C)cc8c8cc(C(C)(C)C)ccc87)cccc56)c5cc(C(C)(C)C)cc3c54)cccc12. The molecule has 0 N–H and O–H groups in total. The Morgan fingerprint density at radius 1 is 0.345 bits per heavy atom. The number of halogens is 2. The molecule has 0 aliphatic carbocycles. The molecule has 0 radical (unpaired) electrons. The van der Waals surface area contributed by atoms with Gasteiger partial charge in [0.15, 0.2) is 22.3 Å². The van der Waals surface area contributed by atoms with Crippen molar-refractivity contribution >= 4 is 168 Å². The molecule has 0 saturated carbocycles. The molecule has 422 valence electrons. The molecule has 0 saturated heterocycles. The van der Waals surface area contributed by atoms with Crippen LogP contribution in [0, 0.1) is 0 Å². The summed E-state index contributed by atoms with van der Waals surface area (Å²) >= 11 is 14.4. The van der Waals surface area contributed by atoms with Crippen molar-refractivity contribution in [2.24, 2.45) is 0 Å². The maximum absolute atomic E-state index is 9.37. The number of anilines is 6. The van der Waals surface area contributed by atoms with Gasteiger partial charge >= 0.3 is 0 Å². The van der Waals surface area contributed by atoms with E-state index in [4.69, 9.17) is 37.5 Å². The predicted molar refractivity (Wildman–Crippen MR) is 370 cm³/mol. The van der Waals surface area contributed by atoms with E-state index in [0.717, 1.165) is 88.9 Å². The van der Waals surface area contributed by atoms with Crippen molar-refractivity contribution < 1.29 is 19.8 Å². The lowest BCUT2D eigenvalue weighted by atomic mass is 9.33. The van der Waals surface area contributed by atoms with Crippen molar-refractivity contribution in [1.82, 2.24) is 9.13 Å². The molecule has 0 fully saturated rings. The summed E-state index contributed by atoms with van der Waals surface area (Å²) in [5, 5.41) is 6.77. The second kappa shape index (κ2) is 18.2. The van der Waals surface area contributed by atoms with Crippen molar-refractivity contribution in [3.8, 4) is 11.4 Å². The van der Waals surface area contributed by atoms with Gasteiger partial charge in [0.25, 0.3) is 6.71 Å². The summed E-state index contributed by atoms with van der Waals surface area (Å²) in [6, 6.07) is 51.4. The summed E-state index contributed by atoms with van der Waals surface area (Å²) in [5.41, 5.74) is 16.8. The summed E-state index contributed by atoms with van der Waals surface area (Å²) in [6.07, 6.45) is 0. The van der Waals surface area contributed by atoms with Crippen LogP contribution in [0.15, 0.2) is 215 Å². The van der Waals surface area contributed by atoms with Crippen LogP contribution in [-0.2, 0) is 16.2 Å². The molecule has 17 rings (SSSR count). The average Bonchev–Trinajstić information content (AvgIpc) is 1.54. The van der Waals surface area contributed by atoms with Crippen molar-refractivity contribution in [2.45, 2.75) is 78.6 Å². The lowest BCUT2D eigenvalue weighted by molar-refractivity contribution is 0.590. The first kappa shape index (κ1) is 44.3. The Morgan fingerprint density at radius 2 is 0.724 bits per heavy atom. The molecule has 0 atom stereocenters. The number of hydrogen-bond acceptors (Lipinski definition) is 4. The maximum Gasteiger partial charge on any atom is 0.252 e. The Labute approximate surface area is 526 Å². The van der Waals surface area contributed by atoms with Crippen molar-refractivity contribution in [3.63, 3.8) is 0 Å². The van der Waals surface area contributed by atoms with E-state index in [9.17, 15) is 5.48 Å². The minimum absolute atomic E-state index is 0.0000675. The average molecular weight is 1180 g/mol. The lowest BCUT2D eigenvalue weighted by Gasteiger charge is -2.45. The second-order valence-electron chi connectivity index (χ2n) is 26.6. The number of fused-ring (bicyclic) bond motifs is 16.